The molecule has 1 fully saturated rings. The Hall–Kier alpha value is -4.00. The molecular formula is C25H23NO6. The van der Waals surface area contributed by atoms with Gasteiger partial charge in [-0.05, 0) is 37.3 Å². The topological polar surface area (TPSA) is 89.2 Å². The van der Waals surface area contributed by atoms with Gasteiger partial charge in [-0.2, -0.15) is 0 Å². The molecular weight excluding hydrogens is 410 g/mol. The molecule has 32 heavy (non-hydrogen) atoms. The zero-order valence-corrected chi connectivity index (χ0v) is 18.0. The van der Waals surface area contributed by atoms with Crippen molar-refractivity contribution in [3.63, 3.8) is 0 Å². The van der Waals surface area contributed by atoms with Crippen LogP contribution in [0.15, 0.2) is 70.7 Å². The molecule has 1 atom stereocenters. The number of carbonyl (C=O) groups is 2. The molecule has 0 radical (unpaired) electrons. The van der Waals surface area contributed by atoms with Gasteiger partial charge in [0.15, 0.2) is 0 Å². The van der Waals surface area contributed by atoms with Gasteiger partial charge < -0.3 is 23.9 Å². The molecule has 0 saturated carbocycles. The fourth-order valence-corrected chi connectivity index (χ4v) is 3.88. The number of rotatable bonds is 6. The zero-order valence-electron chi connectivity index (χ0n) is 18.0. The van der Waals surface area contributed by atoms with E-state index in [4.69, 9.17) is 13.9 Å². The minimum atomic E-state index is -0.889. The number of Topliss-reactive ketones (excluding diaryl/α,β-unsaturated/α-hetero) is 1. The molecule has 2 heterocycles. The van der Waals surface area contributed by atoms with Crippen molar-refractivity contribution >= 4 is 17.4 Å². The lowest BCUT2D eigenvalue weighted by Gasteiger charge is -2.24. The van der Waals surface area contributed by atoms with Gasteiger partial charge in [-0.3, -0.25) is 9.59 Å². The number of amides is 1. The predicted molar refractivity (Wildman–Crippen MR) is 117 cm³/mol. The van der Waals surface area contributed by atoms with Crippen LogP contribution in [0.4, 0.5) is 0 Å². The van der Waals surface area contributed by atoms with Crippen molar-refractivity contribution < 1.29 is 28.6 Å². The summed E-state index contributed by atoms with van der Waals surface area (Å²) in [4.78, 5) is 27.6. The number of benzene rings is 2. The van der Waals surface area contributed by atoms with E-state index < -0.39 is 17.7 Å². The summed E-state index contributed by atoms with van der Waals surface area (Å²) >= 11 is 0. The standard InChI is InChI=1S/C25H23NO6/c1-15-11-12-20(32-15)22-21(23(27)16-8-6-9-18(13-16)30-2)24(28)25(29)26(22)14-17-7-4-5-10-19(17)31-3/h4-13,22,27H,14H2,1-3H3/b23-21+. The number of methoxy groups -OCH3 is 2. The van der Waals surface area contributed by atoms with E-state index in [1.165, 1.54) is 12.0 Å². The molecule has 1 aliphatic rings. The number of furan rings is 1. The highest BCUT2D eigenvalue weighted by Crippen LogP contribution is 2.41. The first-order valence-corrected chi connectivity index (χ1v) is 10.1. The number of ketones is 1. The Morgan fingerprint density at radius 1 is 1.03 bits per heavy atom. The smallest absolute Gasteiger partial charge is 0.296 e. The largest absolute Gasteiger partial charge is 0.507 e. The Kier molecular flexibility index (Phi) is 5.73. The van der Waals surface area contributed by atoms with Crippen LogP contribution in [0.1, 0.15) is 28.7 Å². The molecule has 1 aliphatic heterocycles. The Bertz CT molecular complexity index is 1210. The van der Waals surface area contributed by atoms with Crippen molar-refractivity contribution in [2.24, 2.45) is 0 Å². The minimum Gasteiger partial charge on any atom is -0.507 e. The normalized spacial score (nSPS) is 17.6. The van der Waals surface area contributed by atoms with E-state index in [-0.39, 0.29) is 17.9 Å². The van der Waals surface area contributed by atoms with E-state index >= 15 is 0 Å². The first-order valence-electron chi connectivity index (χ1n) is 10.1. The maximum atomic E-state index is 13.1. The average Bonchev–Trinajstić information content (AvgIpc) is 3.35. The van der Waals surface area contributed by atoms with Gasteiger partial charge in [-0.15, -0.1) is 0 Å². The van der Waals surface area contributed by atoms with Crippen LogP contribution in [0.3, 0.4) is 0 Å². The van der Waals surface area contributed by atoms with Gasteiger partial charge in [-0.1, -0.05) is 30.3 Å². The van der Waals surface area contributed by atoms with Gasteiger partial charge >= 0.3 is 0 Å². The summed E-state index contributed by atoms with van der Waals surface area (Å²) in [7, 11) is 3.06. The molecule has 2 aromatic carbocycles. The molecule has 1 aromatic heterocycles. The lowest BCUT2D eigenvalue weighted by molar-refractivity contribution is -0.140. The van der Waals surface area contributed by atoms with E-state index in [2.05, 4.69) is 0 Å². The van der Waals surface area contributed by atoms with Gasteiger partial charge in [0.1, 0.15) is 34.8 Å². The van der Waals surface area contributed by atoms with E-state index in [9.17, 15) is 14.7 Å². The molecule has 7 nitrogen and oxygen atoms in total. The molecule has 3 aromatic rings. The molecule has 0 bridgehead atoms. The number of hydrogen-bond donors (Lipinski definition) is 1. The number of para-hydroxylation sites is 1. The molecule has 1 unspecified atom stereocenters. The van der Waals surface area contributed by atoms with Crippen LogP contribution in [0.5, 0.6) is 11.5 Å². The first-order chi connectivity index (χ1) is 15.4. The summed E-state index contributed by atoms with van der Waals surface area (Å²) in [6.45, 7) is 1.88. The van der Waals surface area contributed by atoms with Gasteiger partial charge in [0.05, 0.1) is 26.3 Å². The fraction of sp³-hybridized carbons (Fsp3) is 0.200. The van der Waals surface area contributed by atoms with Gasteiger partial charge in [0.25, 0.3) is 11.7 Å². The lowest BCUT2D eigenvalue weighted by atomic mass is 9.99. The predicted octanol–water partition coefficient (Wildman–Crippen LogP) is 4.23. The van der Waals surface area contributed by atoms with Crippen LogP contribution >= 0.6 is 0 Å². The van der Waals surface area contributed by atoms with Crippen molar-refractivity contribution in [3.05, 3.63) is 88.9 Å². The third-order valence-electron chi connectivity index (χ3n) is 5.45. The summed E-state index contributed by atoms with van der Waals surface area (Å²) in [6.07, 6.45) is 0. The van der Waals surface area contributed by atoms with E-state index in [1.807, 2.05) is 18.2 Å². The highest BCUT2D eigenvalue weighted by atomic mass is 16.5. The van der Waals surface area contributed by atoms with Crippen molar-refractivity contribution in [2.45, 2.75) is 19.5 Å². The summed E-state index contributed by atoms with van der Waals surface area (Å²) in [6, 6.07) is 16.5. The van der Waals surface area contributed by atoms with Gasteiger partial charge in [0, 0.05) is 11.1 Å². The van der Waals surface area contributed by atoms with Crippen molar-refractivity contribution in [1.82, 2.24) is 4.90 Å². The summed E-state index contributed by atoms with van der Waals surface area (Å²) in [5, 5.41) is 11.1. The number of aliphatic hydroxyl groups excluding tert-OH is 1. The Balaban J connectivity index is 1.86. The molecule has 1 N–H and O–H groups in total. The molecule has 0 aliphatic carbocycles. The Morgan fingerprint density at radius 3 is 2.50 bits per heavy atom. The Morgan fingerprint density at radius 2 is 1.81 bits per heavy atom. The van der Waals surface area contributed by atoms with E-state index in [0.29, 0.717) is 28.6 Å². The number of hydrogen-bond acceptors (Lipinski definition) is 6. The quantitative estimate of drug-likeness (QED) is 0.356. The second-order valence-corrected chi connectivity index (χ2v) is 7.42. The van der Waals surface area contributed by atoms with Crippen LogP contribution < -0.4 is 9.47 Å². The fourth-order valence-electron chi connectivity index (χ4n) is 3.88. The minimum absolute atomic E-state index is 0.0347. The molecule has 164 valence electrons. The van der Waals surface area contributed by atoms with Crippen LogP contribution in [-0.2, 0) is 16.1 Å². The van der Waals surface area contributed by atoms with Crippen molar-refractivity contribution in [1.29, 1.82) is 0 Å². The lowest BCUT2D eigenvalue weighted by Crippen LogP contribution is -2.29. The van der Waals surface area contributed by atoms with Gasteiger partial charge in [-0.25, -0.2) is 0 Å². The molecule has 7 heteroatoms. The molecule has 1 saturated heterocycles. The highest BCUT2D eigenvalue weighted by Gasteiger charge is 2.47. The first kappa shape index (κ1) is 21.2. The molecule has 1 amide bonds. The maximum Gasteiger partial charge on any atom is 0.296 e. The maximum absolute atomic E-state index is 13.1. The number of carbonyl (C=O) groups excluding carboxylic acids is 2. The Labute approximate surface area is 185 Å². The van der Waals surface area contributed by atoms with Crippen LogP contribution in [0.2, 0.25) is 0 Å². The average molecular weight is 433 g/mol. The summed E-state index contributed by atoms with van der Waals surface area (Å²) < 4.78 is 16.4. The highest BCUT2D eigenvalue weighted by molar-refractivity contribution is 6.46. The second kappa shape index (κ2) is 8.63. The SMILES string of the molecule is COc1cccc(/C(O)=C2\C(=O)C(=O)N(Cc3ccccc3OC)C2c2ccc(C)o2)c1. The number of nitrogens with zero attached hydrogens (tertiary/aromatic N) is 1. The van der Waals surface area contributed by atoms with Crippen molar-refractivity contribution in [3.8, 4) is 11.5 Å². The number of ether oxygens (including phenoxy) is 2. The third kappa shape index (κ3) is 3.73. The van der Waals surface area contributed by atoms with E-state index in [0.717, 1.165) is 5.56 Å². The number of aryl methyl sites for hydroxylation is 1. The second-order valence-electron chi connectivity index (χ2n) is 7.42. The van der Waals surface area contributed by atoms with Gasteiger partial charge in [0.2, 0.25) is 0 Å². The molecule has 0 spiro atoms. The molecule has 4 rings (SSSR count). The van der Waals surface area contributed by atoms with E-state index in [1.54, 1.807) is 56.5 Å². The number of aliphatic hydroxyl groups is 1. The van der Waals surface area contributed by atoms with Crippen LogP contribution in [0.25, 0.3) is 5.76 Å². The van der Waals surface area contributed by atoms with Crippen LogP contribution in [-0.4, -0.2) is 35.9 Å². The monoisotopic (exact) mass is 433 g/mol. The number of likely N-dealkylation sites (tertiary alicyclic amines) is 1. The zero-order chi connectivity index (χ0) is 22.8. The van der Waals surface area contributed by atoms with Crippen LogP contribution in [0, 0.1) is 6.92 Å². The van der Waals surface area contributed by atoms with Crippen molar-refractivity contribution in [2.75, 3.05) is 14.2 Å². The summed E-state index contributed by atoms with van der Waals surface area (Å²) in [5.74, 6) is 0.340. The summed E-state index contributed by atoms with van der Waals surface area (Å²) in [5.41, 5.74) is 1.06. The third-order valence-corrected chi connectivity index (χ3v) is 5.45.